The minimum absolute atomic E-state index is 0.0377. The van der Waals surface area contributed by atoms with Gasteiger partial charge in [-0.25, -0.2) is 22.4 Å². The first-order valence-electron chi connectivity index (χ1n) is 9.80. The molecule has 174 valence electrons. The average molecular weight is 463 g/mol. The van der Waals surface area contributed by atoms with E-state index < -0.39 is 72.9 Å². The Morgan fingerprint density at radius 2 is 2.03 bits per heavy atom. The van der Waals surface area contributed by atoms with Gasteiger partial charge in [-0.15, -0.1) is 0 Å². The van der Waals surface area contributed by atoms with E-state index in [1.165, 1.54) is 0 Å². The highest BCUT2D eigenvalue weighted by Gasteiger charge is 2.48. The summed E-state index contributed by atoms with van der Waals surface area (Å²) in [7, 11) is 0. The summed E-state index contributed by atoms with van der Waals surface area (Å²) in [6.45, 7) is -1.75. The Morgan fingerprint density at radius 1 is 1.28 bits per heavy atom. The quantitative estimate of drug-likeness (QED) is 0.683. The molecule has 2 amide bonds. The number of carbonyl (C=O) groups excluding carboxylic acids is 1. The second kappa shape index (κ2) is 7.94. The number of halogens is 6. The zero-order chi connectivity index (χ0) is 23.3. The van der Waals surface area contributed by atoms with E-state index in [0.29, 0.717) is 0 Å². The number of amides is 2. The standard InChI is InChI=1S/C19H19F6N5O2/c20-13-12(1-5-26-14(13)16(21)22)27-17(32)29-6-2-11-10(7-29)15-19(24,25)4-3-18(23,9-31)8-30(15)28-11/h1,5,16,31H,2-4,6-9H2,(H,26,27,32). The zero-order valence-corrected chi connectivity index (χ0v) is 16.6. The summed E-state index contributed by atoms with van der Waals surface area (Å²) in [5, 5.41) is 15.6. The van der Waals surface area contributed by atoms with Crippen LogP contribution in [0.3, 0.4) is 0 Å². The molecule has 4 heterocycles. The minimum atomic E-state index is -3.44. The number of rotatable bonds is 3. The van der Waals surface area contributed by atoms with Crippen molar-refractivity contribution in [1.29, 1.82) is 0 Å². The van der Waals surface area contributed by atoms with Crippen molar-refractivity contribution in [3.8, 4) is 0 Å². The van der Waals surface area contributed by atoms with E-state index in [0.717, 1.165) is 21.8 Å². The number of aliphatic hydroxyl groups excluding tert-OH is 1. The first kappa shape index (κ1) is 22.4. The number of alkyl halides is 5. The fourth-order valence-electron chi connectivity index (χ4n) is 4.00. The van der Waals surface area contributed by atoms with E-state index in [-0.39, 0.29) is 30.8 Å². The van der Waals surface area contributed by atoms with Gasteiger partial charge in [0.2, 0.25) is 0 Å². The fraction of sp³-hybridized carbons (Fsp3) is 0.526. The lowest BCUT2D eigenvalue weighted by Crippen LogP contribution is -2.39. The molecule has 2 N–H and O–H groups in total. The number of pyridine rings is 1. The Labute approximate surface area is 178 Å². The third-order valence-corrected chi connectivity index (χ3v) is 5.70. The molecule has 0 aromatic carbocycles. The lowest BCUT2D eigenvalue weighted by Gasteiger charge is -2.28. The Morgan fingerprint density at radius 3 is 2.72 bits per heavy atom. The Bertz CT molecular complexity index is 1050. The van der Waals surface area contributed by atoms with Crippen LogP contribution in [0.1, 0.15) is 41.9 Å². The molecule has 7 nitrogen and oxygen atoms in total. The summed E-state index contributed by atoms with van der Waals surface area (Å²) in [4.78, 5) is 17.0. The molecular formula is C19H19F6N5O2. The Hall–Kier alpha value is -2.83. The molecule has 0 saturated heterocycles. The predicted octanol–water partition coefficient (Wildman–Crippen LogP) is 3.53. The third kappa shape index (κ3) is 3.89. The summed E-state index contributed by atoms with van der Waals surface area (Å²) in [6.07, 6.45) is -3.59. The van der Waals surface area contributed by atoms with Gasteiger partial charge < -0.3 is 15.3 Å². The lowest BCUT2D eigenvalue weighted by molar-refractivity contribution is -0.0323. The van der Waals surface area contributed by atoms with Crippen molar-refractivity contribution in [2.24, 2.45) is 0 Å². The first-order valence-corrected chi connectivity index (χ1v) is 9.80. The van der Waals surface area contributed by atoms with Crippen LogP contribution in [0.15, 0.2) is 12.3 Å². The van der Waals surface area contributed by atoms with Crippen LogP contribution in [-0.4, -0.2) is 49.6 Å². The molecule has 0 fully saturated rings. The van der Waals surface area contributed by atoms with Crippen LogP contribution in [0.2, 0.25) is 0 Å². The maximum atomic E-state index is 14.9. The molecular weight excluding hydrogens is 444 g/mol. The molecule has 0 bridgehead atoms. The fourth-order valence-corrected chi connectivity index (χ4v) is 4.00. The van der Waals surface area contributed by atoms with E-state index in [4.69, 9.17) is 0 Å². The summed E-state index contributed by atoms with van der Waals surface area (Å²) < 4.78 is 85.1. The molecule has 2 aliphatic rings. The van der Waals surface area contributed by atoms with Crippen molar-refractivity contribution in [3.63, 3.8) is 0 Å². The number of hydrogen-bond acceptors (Lipinski definition) is 4. The van der Waals surface area contributed by atoms with Gasteiger partial charge in [0.1, 0.15) is 11.4 Å². The van der Waals surface area contributed by atoms with Crippen LogP contribution < -0.4 is 5.32 Å². The molecule has 2 aliphatic heterocycles. The number of anilines is 1. The smallest absolute Gasteiger partial charge is 0.322 e. The molecule has 2 aromatic rings. The summed E-state index contributed by atoms with van der Waals surface area (Å²) in [5.74, 6) is -4.82. The Balaban J connectivity index is 1.60. The summed E-state index contributed by atoms with van der Waals surface area (Å²) in [6, 6.07) is 0.123. The highest BCUT2D eigenvalue weighted by Crippen LogP contribution is 2.43. The monoisotopic (exact) mass is 463 g/mol. The van der Waals surface area contributed by atoms with Crippen LogP contribution in [-0.2, 0) is 25.4 Å². The normalized spacial score (nSPS) is 22.3. The Kier molecular flexibility index (Phi) is 5.55. The minimum Gasteiger partial charge on any atom is -0.393 e. The number of nitrogens with one attached hydrogen (secondary N) is 1. The van der Waals surface area contributed by atoms with E-state index in [1.54, 1.807) is 0 Å². The molecule has 0 aliphatic carbocycles. The molecule has 13 heteroatoms. The SMILES string of the molecule is O=C(Nc1ccnc(C(F)F)c1F)N1CCc2nn3c(c2C1)C(F)(F)CCC(F)(CO)C3. The van der Waals surface area contributed by atoms with Crippen LogP contribution in [0, 0.1) is 5.82 Å². The summed E-state index contributed by atoms with van der Waals surface area (Å²) >= 11 is 0. The highest BCUT2D eigenvalue weighted by molar-refractivity contribution is 5.89. The maximum Gasteiger partial charge on any atom is 0.322 e. The van der Waals surface area contributed by atoms with Crippen LogP contribution >= 0.6 is 0 Å². The van der Waals surface area contributed by atoms with Gasteiger partial charge in [0.25, 0.3) is 12.3 Å². The van der Waals surface area contributed by atoms with Crippen LogP contribution in [0.25, 0.3) is 0 Å². The van der Waals surface area contributed by atoms with Crippen molar-refractivity contribution in [2.45, 2.75) is 50.4 Å². The number of nitrogens with zero attached hydrogens (tertiary/aromatic N) is 4. The van der Waals surface area contributed by atoms with Gasteiger partial charge in [0, 0.05) is 31.1 Å². The number of fused-ring (bicyclic) bond motifs is 3. The van der Waals surface area contributed by atoms with E-state index in [9.17, 15) is 36.2 Å². The van der Waals surface area contributed by atoms with Gasteiger partial charge in [-0.2, -0.15) is 13.9 Å². The number of urea groups is 1. The van der Waals surface area contributed by atoms with E-state index in [2.05, 4.69) is 15.4 Å². The van der Waals surface area contributed by atoms with Gasteiger partial charge in [-0.1, -0.05) is 0 Å². The number of aliphatic hydroxyl groups is 1. The topological polar surface area (TPSA) is 83.3 Å². The third-order valence-electron chi connectivity index (χ3n) is 5.70. The number of aromatic nitrogens is 3. The molecule has 0 radical (unpaired) electrons. The molecule has 1 unspecified atom stereocenters. The molecule has 0 saturated carbocycles. The van der Waals surface area contributed by atoms with Gasteiger partial charge >= 0.3 is 6.03 Å². The van der Waals surface area contributed by atoms with Crippen LogP contribution in [0.5, 0.6) is 0 Å². The van der Waals surface area contributed by atoms with Crippen molar-refractivity contribution in [2.75, 3.05) is 18.5 Å². The van der Waals surface area contributed by atoms with Gasteiger partial charge in [-0.05, 0) is 12.5 Å². The molecule has 0 spiro atoms. The van der Waals surface area contributed by atoms with E-state index in [1.807, 2.05) is 0 Å². The number of hydrogen-bond donors (Lipinski definition) is 2. The van der Waals surface area contributed by atoms with Crippen LogP contribution in [0.4, 0.5) is 36.8 Å². The van der Waals surface area contributed by atoms with Gasteiger partial charge in [-0.3, -0.25) is 9.67 Å². The lowest BCUT2D eigenvalue weighted by atomic mass is 9.97. The molecule has 1 atom stereocenters. The maximum absolute atomic E-state index is 14.9. The molecule has 32 heavy (non-hydrogen) atoms. The highest BCUT2D eigenvalue weighted by atomic mass is 19.3. The van der Waals surface area contributed by atoms with Crippen molar-refractivity contribution >= 4 is 11.7 Å². The first-order chi connectivity index (χ1) is 15.0. The largest absolute Gasteiger partial charge is 0.393 e. The van der Waals surface area contributed by atoms with Crippen molar-refractivity contribution in [3.05, 3.63) is 40.7 Å². The van der Waals surface area contributed by atoms with Gasteiger partial charge in [0.15, 0.2) is 11.5 Å². The number of carbonyl (C=O) groups is 1. The second-order valence-corrected chi connectivity index (χ2v) is 7.91. The van der Waals surface area contributed by atoms with Crippen molar-refractivity contribution in [1.82, 2.24) is 19.7 Å². The van der Waals surface area contributed by atoms with Crippen molar-refractivity contribution < 1.29 is 36.2 Å². The van der Waals surface area contributed by atoms with E-state index >= 15 is 0 Å². The molecule has 2 aromatic heterocycles. The van der Waals surface area contributed by atoms with Gasteiger partial charge in [0.05, 0.1) is 31.1 Å². The zero-order valence-electron chi connectivity index (χ0n) is 16.6. The molecule has 4 rings (SSSR count). The second-order valence-electron chi connectivity index (χ2n) is 7.91. The summed E-state index contributed by atoms with van der Waals surface area (Å²) in [5.41, 5.74) is -4.07. The predicted molar refractivity (Wildman–Crippen MR) is 98.6 cm³/mol. The average Bonchev–Trinajstić information content (AvgIpc) is 3.06.